The average molecular weight is 308 g/mol. The van der Waals surface area contributed by atoms with Gasteiger partial charge >= 0.3 is 0 Å². The van der Waals surface area contributed by atoms with Gasteiger partial charge in [-0.1, -0.05) is 11.6 Å². The third-order valence-corrected chi connectivity index (χ3v) is 3.16. The number of amides is 1. The summed E-state index contributed by atoms with van der Waals surface area (Å²) >= 11 is 6.13. The highest BCUT2D eigenvalue weighted by atomic mass is 35.5. The molecule has 0 aliphatic rings. The van der Waals surface area contributed by atoms with Crippen molar-refractivity contribution in [2.45, 2.75) is 32.9 Å². The topological polar surface area (TPSA) is 67.0 Å². The molecule has 1 aromatic heterocycles. The highest BCUT2D eigenvalue weighted by Gasteiger charge is 2.14. The minimum Gasteiger partial charge on any atom is -0.489 e. The molecule has 0 aliphatic heterocycles. The van der Waals surface area contributed by atoms with Crippen LogP contribution in [0.15, 0.2) is 30.7 Å². The van der Waals surface area contributed by atoms with Gasteiger partial charge < -0.3 is 15.0 Å². The lowest BCUT2D eigenvalue weighted by atomic mass is 10.1. The van der Waals surface area contributed by atoms with Gasteiger partial charge in [0.25, 0.3) is 5.91 Å². The summed E-state index contributed by atoms with van der Waals surface area (Å²) in [5.74, 6) is 0.368. The molecular formula is C15H18ClN3O2. The summed E-state index contributed by atoms with van der Waals surface area (Å²) in [7, 11) is 0. The molecule has 1 aromatic carbocycles. The molecule has 1 amide bonds. The van der Waals surface area contributed by atoms with Crippen LogP contribution in [0.1, 0.15) is 42.9 Å². The number of nitrogens with zero attached hydrogens (tertiary/aromatic N) is 1. The second-order valence-electron chi connectivity index (χ2n) is 5.00. The van der Waals surface area contributed by atoms with Gasteiger partial charge in [0.15, 0.2) is 0 Å². The van der Waals surface area contributed by atoms with Crippen LogP contribution in [0.2, 0.25) is 5.02 Å². The van der Waals surface area contributed by atoms with E-state index in [4.69, 9.17) is 16.3 Å². The summed E-state index contributed by atoms with van der Waals surface area (Å²) in [6.45, 7) is 5.71. The van der Waals surface area contributed by atoms with Crippen LogP contribution >= 0.6 is 11.6 Å². The zero-order valence-electron chi connectivity index (χ0n) is 12.2. The van der Waals surface area contributed by atoms with E-state index in [-0.39, 0.29) is 18.1 Å². The number of rotatable bonds is 5. The summed E-state index contributed by atoms with van der Waals surface area (Å²) < 4.78 is 5.54. The van der Waals surface area contributed by atoms with Gasteiger partial charge in [0.1, 0.15) is 5.75 Å². The molecule has 6 heteroatoms. The summed E-state index contributed by atoms with van der Waals surface area (Å²) in [6, 6.07) is 4.81. The maximum absolute atomic E-state index is 12.2. The Morgan fingerprint density at radius 2 is 2.14 bits per heavy atom. The summed E-state index contributed by atoms with van der Waals surface area (Å²) in [5.41, 5.74) is 1.26. The number of benzene rings is 1. The van der Waals surface area contributed by atoms with Gasteiger partial charge in [-0.05, 0) is 39.0 Å². The molecule has 2 aromatic rings. The third-order valence-electron chi connectivity index (χ3n) is 2.87. The van der Waals surface area contributed by atoms with E-state index in [0.29, 0.717) is 16.3 Å². The van der Waals surface area contributed by atoms with Crippen molar-refractivity contribution in [3.8, 4) is 5.75 Å². The Kier molecular flexibility index (Phi) is 4.85. The lowest BCUT2D eigenvalue weighted by molar-refractivity contribution is 0.0939. The molecule has 0 radical (unpaired) electrons. The lowest BCUT2D eigenvalue weighted by Gasteiger charge is -2.14. The van der Waals surface area contributed by atoms with Crippen LogP contribution in [-0.4, -0.2) is 22.0 Å². The normalized spacial score (nSPS) is 12.2. The quantitative estimate of drug-likeness (QED) is 0.890. The van der Waals surface area contributed by atoms with E-state index < -0.39 is 0 Å². The number of imidazole rings is 1. The van der Waals surface area contributed by atoms with Gasteiger partial charge in [0, 0.05) is 11.8 Å². The molecule has 112 valence electrons. The average Bonchev–Trinajstić information content (AvgIpc) is 2.94. The predicted octanol–water partition coefficient (Wildman–Crippen LogP) is 3.34. The van der Waals surface area contributed by atoms with Crippen molar-refractivity contribution in [1.29, 1.82) is 0 Å². The van der Waals surface area contributed by atoms with E-state index in [9.17, 15) is 4.79 Å². The molecule has 2 N–H and O–H groups in total. The molecule has 0 saturated heterocycles. The number of H-pyrrole nitrogens is 1. The summed E-state index contributed by atoms with van der Waals surface area (Å²) in [6.07, 6.45) is 3.35. The number of carbonyl (C=O) groups is 1. The van der Waals surface area contributed by atoms with Gasteiger partial charge in [0.2, 0.25) is 0 Å². The minimum absolute atomic E-state index is 0.0295. The van der Waals surface area contributed by atoms with Crippen LogP contribution in [0.4, 0.5) is 0 Å². The standard InChI is InChI=1S/C15H18ClN3O2/c1-9(2)21-14-5-4-11(6-12(14)16)15(20)19-10(3)13-7-17-8-18-13/h4-10H,1-3H3,(H,17,18)(H,19,20). The third kappa shape index (κ3) is 3.98. The molecular weight excluding hydrogens is 290 g/mol. The van der Waals surface area contributed by atoms with E-state index in [1.165, 1.54) is 0 Å². The van der Waals surface area contributed by atoms with Crippen LogP contribution < -0.4 is 10.1 Å². The molecule has 0 saturated carbocycles. The Hall–Kier alpha value is -2.01. The summed E-state index contributed by atoms with van der Waals surface area (Å²) in [4.78, 5) is 19.2. The van der Waals surface area contributed by atoms with Gasteiger partial charge in [-0.3, -0.25) is 4.79 Å². The van der Waals surface area contributed by atoms with Crippen LogP contribution in [0.3, 0.4) is 0 Å². The van der Waals surface area contributed by atoms with Gasteiger partial charge in [-0.2, -0.15) is 0 Å². The second kappa shape index (κ2) is 6.63. The van der Waals surface area contributed by atoms with Crippen molar-refractivity contribution in [2.75, 3.05) is 0 Å². The van der Waals surface area contributed by atoms with Crippen molar-refractivity contribution in [3.63, 3.8) is 0 Å². The van der Waals surface area contributed by atoms with Crippen LogP contribution in [0, 0.1) is 0 Å². The van der Waals surface area contributed by atoms with Crippen molar-refractivity contribution in [3.05, 3.63) is 47.0 Å². The first kappa shape index (κ1) is 15.4. The monoisotopic (exact) mass is 307 g/mol. The van der Waals surface area contributed by atoms with Gasteiger partial charge in [-0.15, -0.1) is 0 Å². The Morgan fingerprint density at radius 1 is 1.38 bits per heavy atom. The fourth-order valence-corrected chi connectivity index (χ4v) is 2.08. The molecule has 2 rings (SSSR count). The van der Waals surface area contributed by atoms with E-state index in [2.05, 4.69) is 15.3 Å². The first-order valence-electron chi connectivity index (χ1n) is 6.73. The number of hydrogen-bond donors (Lipinski definition) is 2. The van der Waals surface area contributed by atoms with Crippen LogP contribution in [-0.2, 0) is 0 Å². The summed E-state index contributed by atoms with van der Waals surface area (Å²) in [5, 5.41) is 3.29. The first-order chi connectivity index (χ1) is 9.97. The minimum atomic E-state index is -0.205. The smallest absolute Gasteiger partial charge is 0.251 e. The number of hydrogen-bond acceptors (Lipinski definition) is 3. The Balaban J connectivity index is 2.07. The van der Waals surface area contributed by atoms with Gasteiger partial charge in [0.05, 0.1) is 29.2 Å². The molecule has 0 aliphatic carbocycles. The molecule has 0 spiro atoms. The number of aromatic nitrogens is 2. The Morgan fingerprint density at radius 3 is 2.71 bits per heavy atom. The number of halogens is 1. The number of aromatic amines is 1. The Labute approximate surface area is 128 Å². The van der Waals surface area contributed by atoms with E-state index >= 15 is 0 Å². The highest BCUT2D eigenvalue weighted by Crippen LogP contribution is 2.26. The van der Waals surface area contributed by atoms with Crippen LogP contribution in [0.25, 0.3) is 0 Å². The van der Waals surface area contributed by atoms with Crippen molar-refractivity contribution in [2.24, 2.45) is 0 Å². The molecule has 0 fully saturated rings. The SMILES string of the molecule is CC(C)Oc1ccc(C(=O)NC(C)c2c[nH]cn2)cc1Cl. The van der Waals surface area contributed by atoms with E-state index in [0.717, 1.165) is 5.69 Å². The lowest BCUT2D eigenvalue weighted by Crippen LogP contribution is -2.26. The zero-order valence-corrected chi connectivity index (χ0v) is 12.9. The van der Waals surface area contributed by atoms with Crippen molar-refractivity contribution in [1.82, 2.24) is 15.3 Å². The molecule has 1 heterocycles. The van der Waals surface area contributed by atoms with Crippen molar-refractivity contribution >= 4 is 17.5 Å². The number of ether oxygens (including phenoxy) is 1. The maximum Gasteiger partial charge on any atom is 0.251 e. The van der Waals surface area contributed by atoms with Crippen molar-refractivity contribution < 1.29 is 9.53 Å². The largest absolute Gasteiger partial charge is 0.489 e. The maximum atomic E-state index is 12.2. The molecule has 0 bridgehead atoms. The fourth-order valence-electron chi connectivity index (χ4n) is 1.85. The predicted molar refractivity (Wildman–Crippen MR) is 81.7 cm³/mol. The number of nitrogens with one attached hydrogen (secondary N) is 2. The van der Waals surface area contributed by atoms with E-state index in [1.54, 1.807) is 30.7 Å². The molecule has 1 atom stereocenters. The van der Waals surface area contributed by atoms with E-state index in [1.807, 2.05) is 20.8 Å². The molecule has 5 nitrogen and oxygen atoms in total. The van der Waals surface area contributed by atoms with Gasteiger partial charge in [-0.25, -0.2) is 4.98 Å². The molecule has 1 unspecified atom stereocenters. The van der Waals surface area contributed by atoms with Crippen LogP contribution in [0.5, 0.6) is 5.75 Å². The molecule has 21 heavy (non-hydrogen) atoms. The fraction of sp³-hybridized carbons (Fsp3) is 0.333. The zero-order chi connectivity index (χ0) is 15.4. The number of carbonyl (C=O) groups excluding carboxylic acids is 1. The second-order valence-corrected chi connectivity index (χ2v) is 5.41. The first-order valence-corrected chi connectivity index (χ1v) is 7.11. The highest BCUT2D eigenvalue weighted by molar-refractivity contribution is 6.32. The Bertz CT molecular complexity index is 611.